The maximum atomic E-state index is 13.0. The number of imide groups is 1. The Morgan fingerprint density at radius 2 is 1.86 bits per heavy atom. The number of rotatable bonds is 4. The Bertz CT molecular complexity index is 1000. The van der Waals surface area contributed by atoms with Crippen molar-refractivity contribution in [2.45, 2.75) is 26.5 Å². The lowest BCUT2D eigenvalue weighted by Gasteiger charge is -2.18. The van der Waals surface area contributed by atoms with Gasteiger partial charge in [0.15, 0.2) is 5.71 Å². The Kier molecular flexibility index (Phi) is 4.43. The van der Waals surface area contributed by atoms with Crippen LogP contribution in [0.3, 0.4) is 0 Å². The number of carbonyl (C=O) groups excluding carboxylic acids is 3. The fraction of sp³-hybridized carbons (Fsp3) is 0.238. The molecule has 2 aliphatic heterocycles. The molecule has 0 unspecified atom stereocenters. The van der Waals surface area contributed by atoms with Crippen LogP contribution in [0.15, 0.2) is 53.6 Å². The zero-order chi connectivity index (χ0) is 19.8. The highest BCUT2D eigenvalue weighted by Crippen LogP contribution is 2.33. The fourth-order valence-corrected chi connectivity index (χ4v) is 3.55. The third-order valence-corrected chi connectivity index (χ3v) is 4.94. The Labute approximate surface area is 162 Å². The van der Waals surface area contributed by atoms with Crippen molar-refractivity contribution in [1.82, 2.24) is 5.43 Å². The summed E-state index contributed by atoms with van der Waals surface area (Å²) < 4.78 is 5.29. The topological polar surface area (TPSA) is 88.1 Å². The number of ether oxygens (including phenoxy) is 1. The zero-order valence-electron chi connectivity index (χ0n) is 15.5. The van der Waals surface area contributed by atoms with Gasteiger partial charge in [-0.15, -0.1) is 0 Å². The largest absolute Gasteiger partial charge is 0.456 e. The van der Waals surface area contributed by atoms with Crippen LogP contribution in [0.25, 0.3) is 0 Å². The van der Waals surface area contributed by atoms with E-state index in [0.717, 1.165) is 21.6 Å². The van der Waals surface area contributed by atoms with E-state index in [0.29, 0.717) is 5.69 Å². The lowest BCUT2D eigenvalue weighted by molar-refractivity contribution is -0.137. The summed E-state index contributed by atoms with van der Waals surface area (Å²) in [7, 11) is 0. The number of hydrogen-bond acceptors (Lipinski definition) is 6. The van der Waals surface area contributed by atoms with E-state index in [1.807, 2.05) is 56.3 Å². The van der Waals surface area contributed by atoms with Gasteiger partial charge in [0.05, 0.1) is 5.69 Å². The SMILES string of the molecule is Cc1ccc(N2C(=O)[C@H]3C(C(=O)OCc4ccccc4)=NN[C@@H]3C2=O)c(C)c1. The molecule has 0 spiro atoms. The highest BCUT2D eigenvalue weighted by Gasteiger charge is 2.56. The molecule has 2 aromatic rings. The van der Waals surface area contributed by atoms with Crippen molar-refractivity contribution in [3.8, 4) is 0 Å². The average molecular weight is 377 g/mol. The molecular formula is C21H19N3O4. The number of aryl methyl sites for hydroxylation is 2. The molecule has 2 amide bonds. The molecule has 0 aliphatic carbocycles. The predicted octanol–water partition coefficient (Wildman–Crippen LogP) is 1.86. The molecule has 2 atom stereocenters. The van der Waals surface area contributed by atoms with Crippen molar-refractivity contribution in [1.29, 1.82) is 0 Å². The number of hydrogen-bond donors (Lipinski definition) is 1. The molecule has 0 saturated carbocycles. The fourth-order valence-electron chi connectivity index (χ4n) is 3.55. The summed E-state index contributed by atoms with van der Waals surface area (Å²) in [5.74, 6) is -2.57. The first-order chi connectivity index (χ1) is 13.5. The van der Waals surface area contributed by atoms with Crippen LogP contribution in [0.2, 0.25) is 0 Å². The van der Waals surface area contributed by atoms with Crippen molar-refractivity contribution in [2.24, 2.45) is 11.0 Å². The number of hydrazone groups is 1. The van der Waals surface area contributed by atoms with Crippen LogP contribution >= 0.6 is 0 Å². The van der Waals surface area contributed by atoms with Crippen molar-refractivity contribution in [2.75, 3.05) is 4.90 Å². The molecule has 7 heteroatoms. The van der Waals surface area contributed by atoms with E-state index in [1.165, 1.54) is 0 Å². The van der Waals surface area contributed by atoms with Gasteiger partial charge in [-0.3, -0.25) is 15.0 Å². The maximum absolute atomic E-state index is 13.0. The number of anilines is 1. The molecule has 28 heavy (non-hydrogen) atoms. The van der Waals surface area contributed by atoms with Crippen LogP contribution in [-0.4, -0.2) is 29.5 Å². The van der Waals surface area contributed by atoms with E-state index in [4.69, 9.17) is 4.74 Å². The number of nitrogens with one attached hydrogen (secondary N) is 1. The maximum Gasteiger partial charge on any atom is 0.355 e. The molecule has 0 radical (unpaired) electrons. The van der Waals surface area contributed by atoms with Gasteiger partial charge < -0.3 is 4.74 Å². The quantitative estimate of drug-likeness (QED) is 0.649. The molecule has 2 heterocycles. The summed E-state index contributed by atoms with van der Waals surface area (Å²) >= 11 is 0. The summed E-state index contributed by atoms with van der Waals surface area (Å²) in [6, 6.07) is 13.8. The van der Waals surface area contributed by atoms with E-state index >= 15 is 0 Å². The van der Waals surface area contributed by atoms with Crippen LogP contribution in [0.1, 0.15) is 16.7 Å². The van der Waals surface area contributed by atoms with E-state index < -0.39 is 29.7 Å². The molecule has 142 valence electrons. The predicted molar refractivity (Wildman–Crippen MR) is 102 cm³/mol. The molecule has 2 aliphatic rings. The average Bonchev–Trinajstić information content (AvgIpc) is 3.22. The van der Waals surface area contributed by atoms with Crippen LogP contribution in [0, 0.1) is 19.8 Å². The first-order valence-electron chi connectivity index (χ1n) is 8.96. The molecule has 2 aromatic carbocycles. The summed E-state index contributed by atoms with van der Waals surface area (Å²) in [4.78, 5) is 39.4. The molecule has 0 bridgehead atoms. The van der Waals surface area contributed by atoms with E-state index in [9.17, 15) is 14.4 Å². The third kappa shape index (κ3) is 2.94. The standard InChI is InChI=1S/C21H19N3O4/c1-12-8-9-15(13(2)10-12)24-19(25)16-17(20(24)26)22-23-18(16)21(27)28-11-14-6-4-3-5-7-14/h3-10,16-17,22H,11H2,1-2H3/t16-,17+/m1/s1. The first-order valence-corrected chi connectivity index (χ1v) is 8.96. The van der Waals surface area contributed by atoms with E-state index in [1.54, 1.807) is 6.07 Å². The van der Waals surface area contributed by atoms with E-state index in [2.05, 4.69) is 10.5 Å². The van der Waals surface area contributed by atoms with Gasteiger partial charge in [-0.05, 0) is 31.0 Å². The smallest absolute Gasteiger partial charge is 0.355 e. The molecule has 1 saturated heterocycles. The van der Waals surface area contributed by atoms with Crippen LogP contribution < -0.4 is 10.3 Å². The summed E-state index contributed by atoms with van der Waals surface area (Å²) in [6.07, 6.45) is 0. The normalized spacial score (nSPS) is 20.6. The first kappa shape index (κ1) is 17.9. The van der Waals surface area contributed by atoms with Gasteiger partial charge in [0.1, 0.15) is 18.6 Å². The number of carbonyl (C=O) groups is 3. The van der Waals surface area contributed by atoms with Crippen molar-refractivity contribution < 1.29 is 19.1 Å². The van der Waals surface area contributed by atoms with Gasteiger partial charge in [-0.2, -0.15) is 5.10 Å². The minimum absolute atomic E-state index is 0.0634. The number of amides is 2. The molecule has 1 N–H and O–H groups in total. The van der Waals surface area contributed by atoms with Gasteiger partial charge in [0, 0.05) is 0 Å². The Balaban J connectivity index is 1.54. The lowest BCUT2D eigenvalue weighted by atomic mass is 9.99. The second kappa shape index (κ2) is 6.92. The number of benzene rings is 2. The van der Waals surface area contributed by atoms with Gasteiger partial charge in [0.2, 0.25) is 5.91 Å². The molecule has 1 fully saturated rings. The molecular weight excluding hydrogens is 358 g/mol. The van der Waals surface area contributed by atoms with Crippen molar-refractivity contribution >= 4 is 29.2 Å². The van der Waals surface area contributed by atoms with Crippen LogP contribution in [0.4, 0.5) is 5.69 Å². The monoisotopic (exact) mass is 377 g/mol. The van der Waals surface area contributed by atoms with Gasteiger partial charge >= 0.3 is 5.97 Å². The molecule has 4 rings (SSSR count). The second-order valence-electron chi connectivity index (χ2n) is 6.95. The summed E-state index contributed by atoms with van der Waals surface area (Å²) in [6.45, 7) is 3.85. The Hall–Kier alpha value is -3.48. The molecule has 7 nitrogen and oxygen atoms in total. The van der Waals surface area contributed by atoms with Crippen LogP contribution in [-0.2, 0) is 25.7 Å². The van der Waals surface area contributed by atoms with Crippen molar-refractivity contribution in [3.63, 3.8) is 0 Å². The number of nitrogens with zero attached hydrogens (tertiary/aromatic N) is 2. The summed E-state index contributed by atoms with van der Waals surface area (Å²) in [5, 5.41) is 3.92. The minimum atomic E-state index is -0.975. The second-order valence-corrected chi connectivity index (χ2v) is 6.95. The summed E-state index contributed by atoms with van der Waals surface area (Å²) in [5.41, 5.74) is 5.76. The van der Waals surface area contributed by atoms with Gasteiger partial charge in [0.25, 0.3) is 5.91 Å². The van der Waals surface area contributed by atoms with Crippen LogP contribution in [0.5, 0.6) is 0 Å². The van der Waals surface area contributed by atoms with Gasteiger partial charge in [-0.1, -0.05) is 48.0 Å². The number of esters is 1. The lowest BCUT2D eigenvalue weighted by Crippen LogP contribution is -2.36. The third-order valence-electron chi connectivity index (χ3n) is 4.94. The highest BCUT2D eigenvalue weighted by atomic mass is 16.5. The van der Waals surface area contributed by atoms with Gasteiger partial charge in [-0.25, -0.2) is 9.69 Å². The highest BCUT2D eigenvalue weighted by molar-refractivity contribution is 6.46. The Morgan fingerprint density at radius 1 is 1.11 bits per heavy atom. The van der Waals surface area contributed by atoms with E-state index in [-0.39, 0.29) is 12.3 Å². The Morgan fingerprint density at radius 3 is 2.57 bits per heavy atom. The molecule has 0 aromatic heterocycles. The number of fused-ring (bicyclic) bond motifs is 1. The van der Waals surface area contributed by atoms with Crippen molar-refractivity contribution in [3.05, 3.63) is 65.2 Å². The zero-order valence-corrected chi connectivity index (χ0v) is 15.5. The minimum Gasteiger partial charge on any atom is -0.456 e.